The summed E-state index contributed by atoms with van der Waals surface area (Å²) >= 11 is 3.36. The van der Waals surface area contributed by atoms with Gasteiger partial charge in [0.1, 0.15) is 0 Å². The molecule has 2 N–H and O–H groups in total. The van der Waals surface area contributed by atoms with Crippen LogP contribution in [0.1, 0.15) is 18.4 Å². The standard InChI is InChI=1S/C14H19BrN2O3S.ClH/c1-10-9-11(15)3-4-12(10)17-13(18)14(21(2,19)20)5-7-16-8-6-14;/h3-4,9,16H,5-8H2,1-2H3,(H,17,18);1H. The zero-order chi connectivity index (χ0) is 15.7. The summed E-state index contributed by atoms with van der Waals surface area (Å²) < 4.78 is 23.9. The molecular formula is C14H20BrClN2O3S. The summed E-state index contributed by atoms with van der Waals surface area (Å²) in [5.41, 5.74) is 1.53. The van der Waals surface area contributed by atoms with Crippen molar-refractivity contribution in [3.8, 4) is 0 Å². The van der Waals surface area contributed by atoms with Crippen molar-refractivity contribution >= 4 is 49.8 Å². The molecule has 1 aromatic rings. The molecule has 2 rings (SSSR count). The van der Waals surface area contributed by atoms with Crippen molar-refractivity contribution in [2.75, 3.05) is 24.7 Å². The van der Waals surface area contributed by atoms with Crippen molar-refractivity contribution in [1.82, 2.24) is 5.32 Å². The second-order valence-corrected chi connectivity index (χ2v) is 8.67. The first-order chi connectivity index (χ1) is 9.76. The van der Waals surface area contributed by atoms with E-state index in [4.69, 9.17) is 0 Å². The molecule has 1 heterocycles. The van der Waals surface area contributed by atoms with E-state index >= 15 is 0 Å². The Morgan fingerprint density at radius 2 is 1.91 bits per heavy atom. The fourth-order valence-corrected chi connectivity index (χ4v) is 4.41. The molecule has 1 amide bonds. The third-order valence-electron chi connectivity index (χ3n) is 3.97. The fourth-order valence-electron chi connectivity index (χ4n) is 2.60. The molecule has 0 aromatic heterocycles. The van der Waals surface area contributed by atoms with E-state index in [2.05, 4.69) is 26.6 Å². The molecule has 0 bridgehead atoms. The van der Waals surface area contributed by atoms with Crippen molar-refractivity contribution in [2.45, 2.75) is 24.5 Å². The molecule has 1 aliphatic rings. The molecule has 1 fully saturated rings. The molecule has 124 valence electrons. The monoisotopic (exact) mass is 410 g/mol. The van der Waals surface area contributed by atoms with E-state index in [0.29, 0.717) is 31.6 Å². The van der Waals surface area contributed by atoms with Gasteiger partial charge in [0.15, 0.2) is 14.6 Å². The van der Waals surface area contributed by atoms with Gasteiger partial charge in [-0.05, 0) is 56.6 Å². The van der Waals surface area contributed by atoms with Gasteiger partial charge in [-0.25, -0.2) is 8.42 Å². The SMILES string of the molecule is Cc1cc(Br)ccc1NC(=O)C1(S(C)(=O)=O)CCNCC1.Cl. The van der Waals surface area contributed by atoms with E-state index in [1.807, 2.05) is 19.1 Å². The van der Waals surface area contributed by atoms with Gasteiger partial charge in [0.25, 0.3) is 0 Å². The minimum atomic E-state index is -3.49. The lowest BCUT2D eigenvalue weighted by atomic mass is 9.95. The summed E-state index contributed by atoms with van der Waals surface area (Å²) in [6, 6.07) is 5.47. The topological polar surface area (TPSA) is 75.3 Å². The number of sulfone groups is 1. The summed E-state index contributed by atoms with van der Waals surface area (Å²) in [5.74, 6) is -0.433. The highest BCUT2D eigenvalue weighted by Crippen LogP contribution is 2.30. The number of nitrogens with one attached hydrogen (secondary N) is 2. The van der Waals surface area contributed by atoms with Crippen molar-refractivity contribution in [3.05, 3.63) is 28.2 Å². The lowest BCUT2D eigenvalue weighted by molar-refractivity contribution is -0.119. The maximum atomic E-state index is 12.6. The van der Waals surface area contributed by atoms with Crippen LogP contribution >= 0.6 is 28.3 Å². The van der Waals surface area contributed by atoms with Crippen LogP contribution in [0.3, 0.4) is 0 Å². The fraction of sp³-hybridized carbons (Fsp3) is 0.500. The zero-order valence-electron chi connectivity index (χ0n) is 12.5. The molecule has 8 heteroatoms. The van der Waals surface area contributed by atoms with E-state index < -0.39 is 20.5 Å². The van der Waals surface area contributed by atoms with Crippen LogP contribution in [0.15, 0.2) is 22.7 Å². The van der Waals surface area contributed by atoms with Crippen molar-refractivity contribution < 1.29 is 13.2 Å². The number of piperidine rings is 1. The van der Waals surface area contributed by atoms with Crippen molar-refractivity contribution in [2.24, 2.45) is 0 Å². The highest BCUT2D eigenvalue weighted by molar-refractivity contribution is 9.10. The lowest BCUT2D eigenvalue weighted by Gasteiger charge is -2.34. The van der Waals surface area contributed by atoms with Crippen LogP contribution < -0.4 is 10.6 Å². The Kier molecular flexibility index (Phi) is 6.44. The quantitative estimate of drug-likeness (QED) is 0.800. The van der Waals surface area contributed by atoms with Gasteiger partial charge >= 0.3 is 0 Å². The van der Waals surface area contributed by atoms with Crippen LogP contribution in [-0.4, -0.2) is 38.4 Å². The Bertz CT molecular complexity index is 658. The number of hydrogen-bond acceptors (Lipinski definition) is 4. The third-order valence-corrected chi connectivity index (χ3v) is 6.48. The first-order valence-corrected chi connectivity index (χ1v) is 9.43. The number of amides is 1. The molecule has 0 unspecified atom stereocenters. The molecule has 1 aliphatic heterocycles. The highest BCUT2D eigenvalue weighted by atomic mass is 79.9. The minimum Gasteiger partial charge on any atom is -0.324 e. The molecule has 5 nitrogen and oxygen atoms in total. The lowest BCUT2D eigenvalue weighted by Crippen LogP contribution is -2.55. The summed E-state index contributed by atoms with van der Waals surface area (Å²) in [6.45, 7) is 2.93. The molecule has 1 saturated heterocycles. The van der Waals surface area contributed by atoms with Crippen LogP contribution in [0.4, 0.5) is 5.69 Å². The van der Waals surface area contributed by atoms with Gasteiger partial charge in [0, 0.05) is 16.4 Å². The summed E-state index contributed by atoms with van der Waals surface area (Å²) in [7, 11) is -3.49. The van der Waals surface area contributed by atoms with Crippen molar-refractivity contribution in [1.29, 1.82) is 0 Å². The van der Waals surface area contributed by atoms with Crippen LogP contribution in [0.25, 0.3) is 0 Å². The number of hydrogen-bond donors (Lipinski definition) is 2. The number of halogens is 2. The Morgan fingerprint density at radius 3 is 2.41 bits per heavy atom. The van der Waals surface area contributed by atoms with Gasteiger partial charge in [-0.3, -0.25) is 4.79 Å². The summed E-state index contributed by atoms with van der Waals surface area (Å²) in [5, 5.41) is 5.89. The average Bonchev–Trinajstić information content (AvgIpc) is 2.41. The Morgan fingerprint density at radius 1 is 1.32 bits per heavy atom. The van der Waals surface area contributed by atoms with E-state index in [0.717, 1.165) is 16.3 Å². The number of aryl methyl sites for hydroxylation is 1. The molecule has 0 radical (unpaired) electrons. The second-order valence-electron chi connectivity index (χ2n) is 5.43. The maximum absolute atomic E-state index is 12.6. The number of carbonyl (C=O) groups is 1. The Balaban J connectivity index is 0.00000242. The summed E-state index contributed by atoms with van der Waals surface area (Å²) in [6.07, 6.45) is 1.74. The predicted octanol–water partition coefficient (Wildman–Crippen LogP) is 2.28. The van der Waals surface area contributed by atoms with E-state index in [-0.39, 0.29) is 12.4 Å². The van der Waals surface area contributed by atoms with Crippen LogP contribution in [0.2, 0.25) is 0 Å². The first-order valence-electron chi connectivity index (χ1n) is 6.74. The summed E-state index contributed by atoms with van der Waals surface area (Å²) in [4.78, 5) is 12.6. The predicted molar refractivity (Wildman–Crippen MR) is 94.4 cm³/mol. The molecule has 0 aliphatic carbocycles. The molecule has 0 atom stereocenters. The normalized spacial score (nSPS) is 17.4. The van der Waals surface area contributed by atoms with Gasteiger partial charge in [-0.1, -0.05) is 15.9 Å². The van der Waals surface area contributed by atoms with Gasteiger partial charge in [-0.15, -0.1) is 12.4 Å². The van der Waals surface area contributed by atoms with E-state index in [9.17, 15) is 13.2 Å². The smallest absolute Gasteiger partial charge is 0.245 e. The molecule has 22 heavy (non-hydrogen) atoms. The Hall–Kier alpha value is -0.630. The number of rotatable bonds is 3. The van der Waals surface area contributed by atoms with E-state index in [1.54, 1.807) is 6.07 Å². The zero-order valence-corrected chi connectivity index (χ0v) is 15.7. The van der Waals surface area contributed by atoms with Gasteiger partial charge in [0.05, 0.1) is 0 Å². The second kappa shape index (κ2) is 7.29. The molecule has 0 spiro atoms. The molecular weight excluding hydrogens is 392 g/mol. The maximum Gasteiger partial charge on any atom is 0.245 e. The number of benzene rings is 1. The number of anilines is 1. The van der Waals surface area contributed by atoms with Crippen LogP contribution in [-0.2, 0) is 14.6 Å². The van der Waals surface area contributed by atoms with Gasteiger partial charge in [-0.2, -0.15) is 0 Å². The van der Waals surface area contributed by atoms with Gasteiger partial charge in [0.2, 0.25) is 5.91 Å². The van der Waals surface area contributed by atoms with Crippen LogP contribution in [0, 0.1) is 6.92 Å². The Labute approximate surface area is 145 Å². The molecule has 1 aromatic carbocycles. The van der Waals surface area contributed by atoms with Gasteiger partial charge < -0.3 is 10.6 Å². The molecule has 0 saturated carbocycles. The van der Waals surface area contributed by atoms with E-state index in [1.165, 1.54) is 0 Å². The highest BCUT2D eigenvalue weighted by Gasteiger charge is 2.48. The third kappa shape index (κ3) is 3.82. The largest absolute Gasteiger partial charge is 0.324 e. The average molecular weight is 412 g/mol. The minimum absolute atomic E-state index is 0. The first kappa shape index (κ1) is 19.4. The van der Waals surface area contributed by atoms with Crippen LogP contribution in [0.5, 0.6) is 0 Å². The van der Waals surface area contributed by atoms with Crippen molar-refractivity contribution in [3.63, 3.8) is 0 Å². The number of carbonyl (C=O) groups excluding carboxylic acids is 1.